The largest absolute Gasteiger partial charge is 0.480 e. The van der Waals surface area contributed by atoms with Crippen LogP contribution in [0.25, 0.3) is 41.9 Å². The summed E-state index contributed by atoms with van der Waals surface area (Å²) in [4.78, 5) is 0. The summed E-state index contributed by atoms with van der Waals surface area (Å²) >= 11 is 0. The molecule has 418 valence electrons. The van der Waals surface area contributed by atoms with Gasteiger partial charge in [0.1, 0.15) is 13.1 Å². The van der Waals surface area contributed by atoms with Gasteiger partial charge < -0.3 is 18.5 Å². The number of aliphatic hydroxyl groups is 2. The van der Waals surface area contributed by atoms with Crippen LogP contribution in [0.1, 0.15) is 88.2 Å². The quantitative estimate of drug-likeness (QED) is 0.0407. The van der Waals surface area contributed by atoms with Crippen LogP contribution in [0.2, 0.25) is 0 Å². The van der Waals surface area contributed by atoms with Gasteiger partial charge in [-0.1, -0.05) is 73.9 Å². The second kappa shape index (κ2) is 28.1. The maximum absolute atomic E-state index is 11.4. The number of hydrogen-bond acceptors (Lipinski definition) is 10. The van der Waals surface area contributed by atoms with Crippen LogP contribution >= 0.6 is 0 Å². The summed E-state index contributed by atoms with van der Waals surface area (Å²) in [7, 11) is -26.9. The number of unbranched alkanes of at least 4 members (excludes halogenated alkanes) is 10. The lowest BCUT2D eigenvalue weighted by Crippen LogP contribution is -2.39. The van der Waals surface area contributed by atoms with Crippen molar-refractivity contribution in [2.75, 3.05) is 13.2 Å². The zero-order valence-electron chi connectivity index (χ0n) is 39.5. The van der Waals surface area contributed by atoms with E-state index in [-0.39, 0.29) is 6.61 Å². The fourth-order valence-electron chi connectivity index (χ4n) is 6.38. The lowest BCUT2D eigenvalue weighted by molar-refractivity contribution is -0.697. The van der Waals surface area contributed by atoms with Crippen LogP contribution in [0.15, 0.2) is 85.2 Å². The number of rotatable bonds is 23. The maximum atomic E-state index is 11.4. The van der Waals surface area contributed by atoms with Crippen molar-refractivity contribution >= 4 is 40.1 Å². The SMILES string of the molecule is Cc1ccc(-c2cc(-c3cc[n+](CCCCCCCCCCCO)cc3)cc(-c3ccc(C)cc3)[n+]2CCCCCO)cc1.O=S(=O)([N-]S(=O)(=O)C(F)(F)F)C(F)(F)F.O=S(=O)([N-]S(=O)(=O)C(F)(F)F)C(F)(F)F. The zero-order valence-corrected chi connectivity index (χ0v) is 42.8. The standard InChI is InChI=1S/C40H54N2O2.2C2F6NO4S2/c1-33-15-19-36(20-16-33)39-31-38(32-40(37-21-17-34(2)18-22-37)42(39)26-12-10-14-30-44)35-23-27-41(28-24-35)25-11-8-6-4-3-5-7-9-13-29-43;2*3-1(4,5)14(10,11)9-15(12,13)2(6,7)8/h15-24,27-28,31-32,43-44H,3-14,25-26,29-30H2,1-2H3;;/q+2;2*-1. The van der Waals surface area contributed by atoms with Gasteiger partial charge in [0, 0.05) is 61.4 Å². The Labute approximate surface area is 421 Å². The Morgan fingerprint density at radius 3 is 0.986 bits per heavy atom. The van der Waals surface area contributed by atoms with E-state index in [4.69, 9.17) is 5.11 Å². The molecule has 2 aromatic heterocycles. The minimum absolute atomic E-state index is 0.250. The molecule has 74 heavy (non-hydrogen) atoms. The molecule has 0 aliphatic rings. The summed E-state index contributed by atoms with van der Waals surface area (Å²) < 4.78 is 223. The number of sulfonamides is 4. The van der Waals surface area contributed by atoms with Crippen molar-refractivity contribution in [3.05, 3.63) is 105 Å². The minimum atomic E-state index is -6.72. The first kappa shape index (κ1) is 65.7. The van der Waals surface area contributed by atoms with Crippen LogP contribution in [0, 0.1) is 13.8 Å². The molecular formula is C44H54F12N4O10S4. The van der Waals surface area contributed by atoms with Gasteiger partial charge in [-0.15, -0.1) is 0 Å². The highest BCUT2D eigenvalue weighted by Gasteiger charge is 2.48. The topological polar surface area (TPSA) is 213 Å². The number of hydrogen-bond donors (Lipinski definition) is 2. The second-order valence-electron chi connectivity index (χ2n) is 16.2. The molecule has 0 aliphatic carbocycles. The fraction of sp³-hybridized carbons (Fsp3) is 0.500. The fourth-order valence-corrected chi connectivity index (χ4v) is 9.80. The molecule has 0 aliphatic heterocycles. The molecule has 0 unspecified atom stereocenters. The lowest BCUT2D eigenvalue weighted by Gasteiger charge is -2.22. The average molecular weight is 1160 g/mol. The number of benzene rings is 2. The molecule has 4 rings (SSSR count). The van der Waals surface area contributed by atoms with Crippen molar-refractivity contribution in [1.82, 2.24) is 0 Å². The molecule has 0 spiro atoms. The number of alkyl halides is 12. The van der Waals surface area contributed by atoms with Crippen LogP contribution < -0.4 is 9.13 Å². The molecule has 0 saturated carbocycles. The van der Waals surface area contributed by atoms with Crippen LogP contribution in [-0.4, -0.2) is 79.1 Å². The molecule has 2 heterocycles. The van der Waals surface area contributed by atoms with Gasteiger partial charge in [0.05, 0.1) is 0 Å². The summed E-state index contributed by atoms with van der Waals surface area (Å²) in [5.41, 5.74) is -14.9. The van der Waals surface area contributed by atoms with E-state index in [9.17, 15) is 91.5 Å². The first-order valence-corrected chi connectivity index (χ1v) is 27.9. The first-order chi connectivity index (χ1) is 34.0. The molecule has 0 radical (unpaired) electrons. The summed E-state index contributed by atoms with van der Waals surface area (Å²) in [6.07, 6.45) is 18.5. The second-order valence-corrected chi connectivity index (χ2v) is 23.1. The Kier molecular flexibility index (Phi) is 24.9. The van der Waals surface area contributed by atoms with E-state index in [1.807, 2.05) is 0 Å². The number of aromatic nitrogens is 2. The highest BCUT2D eigenvalue weighted by Crippen LogP contribution is 2.38. The van der Waals surface area contributed by atoms with Crippen molar-refractivity contribution in [3.8, 4) is 33.6 Å². The molecule has 0 amide bonds. The molecule has 30 heteroatoms. The normalized spacial score (nSPS) is 12.9. The molecule has 2 N–H and O–H groups in total. The van der Waals surface area contributed by atoms with Crippen LogP contribution in [0.4, 0.5) is 52.7 Å². The van der Waals surface area contributed by atoms with Crippen molar-refractivity contribution in [1.29, 1.82) is 0 Å². The average Bonchev–Trinajstić information content (AvgIpc) is 3.27. The van der Waals surface area contributed by atoms with E-state index in [0.717, 1.165) is 53.4 Å². The number of aryl methyl sites for hydroxylation is 3. The summed E-state index contributed by atoms with van der Waals surface area (Å²) in [6, 6.07) is 27.0. The molecule has 0 saturated heterocycles. The third-order valence-corrected chi connectivity index (χ3v) is 15.7. The van der Waals surface area contributed by atoms with E-state index in [1.165, 1.54) is 89.7 Å². The van der Waals surface area contributed by atoms with Crippen molar-refractivity contribution in [2.45, 2.75) is 126 Å². The number of aliphatic hydroxyl groups excluding tert-OH is 2. The number of halogens is 12. The Morgan fingerprint density at radius 2 is 0.676 bits per heavy atom. The van der Waals surface area contributed by atoms with E-state index < -0.39 is 62.1 Å². The van der Waals surface area contributed by atoms with Crippen LogP contribution in [-0.2, 0) is 53.2 Å². The molecule has 0 bridgehead atoms. The lowest BCUT2D eigenvalue weighted by atomic mass is 9.98. The first-order valence-electron chi connectivity index (χ1n) is 22.2. The van der Waals surface area contributed by atoms with E-state index >= 15 is 0 Å². The van der Waals surface area contributed by atoms with Gasteiger partial charge in [-0.05, 0) is 74.9 Å². The summed E-state index contributed by atoms with van der Waals surface area (Å²) in [5.74, 6) is 0. The Morgan fingerprint density at radius 1 is 0.392 bits per heavy atom. The third kappa shape index (κ3) is 20.9. The maximum Gasteiger partial charge on any atom is 0.480 e. The molecule has 14 nitrogen and oxygen atoms in total. The zero-order chi connectivity index (χ0) is 56.4. The van der Waals surface area contributed by atoms with Gasteiger partial charge >= 0.3 is 22.0 Å². The summed E-state index contributed by atoms with van der Waals surface area (Å²) in [6.45, 7) is 6.83. The highest BCUT2D eigenvalue weighted by atomic mass is 32.3. The van der Waals surface area contributed by atoms with E-state index in [0.29, 0.717) is 6.61 Å². The van der Waals surface area contributed by atoms with E-state index in [2.05, 4.69) is 108 Å². The van der Waals surface area contributed by atoms with Gasteiger partial charge in [-0.25, -0.2) is 38.2 Å². The van der Waals surface area contributed by atoms with Crippen molar-refractivity contribution in [3.63, 3.8) is 0 Å². The van der Waals surface area contributed by atoms with Gasteiger partial charge in [-0.2, -0.15) is 57.3 Å². The molecule has 2 aromatic carbocycles. The minimum Gasteiger partial charge on any atom is -0.421 e. The predicted octanol–water partition coefficient (Wildman–Crippen LogP) is 10.7. The van der Waals surface area contributed by atoms with Gasteiger partial charge in [0.15, 0.2) is 52.5 Å². The highest BCUT2D eigenvalue weighted by molar-refractivity contribution is 8.13. The van der Waals surface area contributed by atoms with Crippen molar-refractivity contribution < 1.29 is 106 Å². The van der Waals surface area contributed by atoms with Crippen LogP contribution in [0.5, 0.6) is 0 Å². The molecule has 0 fully saturated rings. The van der Waals surface area contributed by atoms with E-state index in [1.54, 1.807) is 0 Å². The Hall–Kier alpha value is -4.46. The monoisotopic (exact) mass is 1150 g/mol. The molecule has 0 atom stereocenters. The predicted molar refractivity (Wildman–Crippen MR) is 249 cm³/mol. The summed E-state index contributed by atoms with van der Waals surface area (Å²) in [5, 5.41) is 18.3. The van der Waals surface area contributed by atoms with Gasteiger partial charge in [0.25, 0.3) is 0 Å². The van der Waals surface area contributed by atoms with Crippen LogP contribution in [0.3, 0.4) is 0 Å². The Balaban J connectivity index is 0.000000510. The smallest absolute Gasteiger partial charge is 0.421 e. The van der Waals surface area contributed by atoms with Gasteiger partial charge in [-0.3, -0.25) is 0 Å². The van der Waals surface area contributed by atoms with Crippen molar-refractivity contribution in [2.24, 2.45) is 0 Å². The molecular weight excluding hydrogens is 1100 g/mol. The Bertz CT molecular complexity index is 2600. The third-order valence-electron chi connectivity index (χ3n) is 10.3. The van der Waals surface area contributed by atoms with Gasteiger partial charge in [0.2, 0.25) is 11.4 Å². The number of pyridine rings is 2. The molecule has 4 aromatic rings. The number of nitrogens with zero attached hydrogens (tertiary/aromatic N) is 4.